The molecule has 1 aromatic carbocycles. The molecule has 1 unspecified atom stereocenters. The second kappa shape index (κ2) is 17.9. The predicted octanol–water partition coefficient (Wildman–Crippen LogP) is 0.440. The van der Waals surface area contributed by atoms with E-state index in [1.54, 1.807) is 4.90 Å². The van der Waals surface area contributed by atoms with E-state index in [4.69, 9.17) is 26.1 Å². The molecule has 1 atom stereocenters. The van der Waals surface area contributed by atoms with Crippen molar-refractivity contribution in [2.24, 2.45) is 11.5 Å². The van der Waals surface area contributed by atoms with Crippen molar-refractivity contribution in [3.8, 4) is 5.75 Å². The van der Waals surface area contributed by atoms with Gasteiger partial charge in [-0.1, -0.05) is 31.0 Å². The molecule has 0 aromatic heterocycles. The van der Waals surface area contributed by atoms with Crippen LogP contribution in [0.15, 0.2) is 24.3 Å². The highest BCUT2D eigenvalue weighted by molar-refractivity contribution is 7.53. The lowest BCUT2D eigenvalue weighted by atomic mass is 10.1. The highest BCUT2D eigenvalue weighted by atomic mass is 31.2. The van der Waals surface area contributed by atoms with E-state index in [-0.39, 0.29) is 42.5 Å². The van der Waals surface area contributed by atoms with Gasteiger partial charge in [0.15, 0.2) is 5.75 Å². The average Bonchev–Trinajstić information content (AvgIpc) is 2.84. The van der Waals surface area contributed by atoms with Gasteiger partial charge in [-0.2, -0.15) is 14.7 Å². The number of benzene rings is 1. The van der Waals surface area contributed by atoms with E-state index in [1.165, 1.54) is 24.3 Å². The Bertz CT molecular complexity index is 838. The first-order valence-electron chi connectivity index (χ1n) is 12.3. The van der Waals surface area contributed by atoms with Crippen LogP contribution in [-0.2, 0) is 14.4 Å². The Hall–Kier alpha value is -2.41. The monoisotopic (exact) mass is 548 g/mol. The molecule has 210 valence electrons. The number of nitrogens with one attached hydrogen (secondary N) is 2. The van der Waals surface area contributed by atoms with Crippen LogP contribution in [0.25, 0.3) is 0 Å². The molecular formula is C23H40FN5O7P+. The molecule has 37 heavy (non-hydrogen) atoms. The molecule has 0 spiro atoms. The normalized spacial score (nSPS) is 12.1. The number of nitrogens with zero attached hydrogens (tertiary/aromatic N) is 1. The van der Waals surface area contributed by atoms with Crippen molar-refractivity contribution in [2.45, 2.75) is 51.1 Å². The summed E-state index contributed by atoms with van der Waals surface area (Å²) in [5.74, 6) is -1.42. The first-order chi connectivity index (χ1) is 17.6. The van der Waals surface area contributed by atoms with Crippen LogP contribution < -0.4 is 26.6 Å². The molecule has 0 aliphatic rings. The predicted molar refractivity (Wildman–Crippen MR) is 138 cm³/mol. The first kappa shape index (κ1) is 32.6. The van der Waals surface area contributed by atoms with Crippen LogP contribution in [0.4, 0.5) is 4.39 Å². The molecule has 3 amide bonds. The van der Waals surface area contributed by atoms with Crippen LogP contribution in [0.1, 0.15) is 56.7 Å². The fourth-order valence-corrected chi connectivity index (χ4v) is 3.93. The molecule has 0 saturated carbocycles. The maximum absolute atomic E-state index is 14.6. The smallest absolute Gasteiger partial charge is 0.356 e. The van der Waals surface area contributed by atoms with E-state index in [0.29, 0.717) is 45.6 Å². The second-order valence-corrected chi connectivity index (χ2v) is 9.58. The number of para-hydroxylation sites is 1. The molecule has 0 fully saturated rings. The van der Waals surface area contributed by atoms with E-state index in [1.807, 2.05) is 0 Å². The van der Waals surface area contributed by atoms with Gasteiger partial charge < -0.3 is 27.0 Å². The van der Waals surface area contributed by atoms with Crippen molar-refractivity contribution in [2.75, 3.05) is 39.3 Å². The number of nitrogens with two attached hydrogens (primary N) is 2. The lowest BCUT2D eigenvalue weighted by molar-refractivity contribution is -0.131. The van der Waals surface area contributed by atoms with Crippen molar-refractivity contribution < 1.29 is 38.0 Å². The average molecular weight is 549 g/mol. The first-order valence-corrected chi connectivity index (χ1v) is 13.9. The number of hydrogen-bond acceptors (Lipinski definition) is 9. The van der Waals surface area contributed by atoms with Crippen molar-refractivity contribution in [1.82, 2.24) is 15.5 Å². The minimum atomic E-state index is -4.65. The molecule has 0 heterocycles. The number of carbonyl (C=O) groups is 3. The maximum atomic E-state index is 14.6. The van der Waals surface area contributed by atoms with Gasteiger partial charge in [-0.3, -0.25) is 18.9 Å². The highest BCUT2D eigenvalue weighted by Gasteiger charge is 2.37. The number of alkyl halides is 1. The fraction of sp³-hybridized carbons (Fsp3) is 0.609. The number of rotatable bonds is 19. The van der Waals surface area contributed by atoms with Gasteiger partial charge in [-0.15, -0.1) is 0 Å². The van der Waals surface area contributed by atoms with E-state index in [9.17, 15) is 18.8 Å². The topological polar surface area (TPSA) is 200 Å². The van der Waals surface area contributed by atoms with Crippen LogP contribution in [0, 0.1) is 0 Å². The Morgan fingerprint density at radius 2 is 1.51 bits per heavy atom. The number of amides is 3. The molecular weight excluding hydrogens is 508 g/mol. The summed E-state index contributed by atoms with van der Waals surface area (Å²) in [5, 5.41) is 5.29. The number of hydrogen-bond donors (Lipinski definition) is 7. The zero-order chi connectivity index (χ0) is 27.7. The Kier molecular flexibility index (Phi) is 15.8. The Morgan fingerprint density at radius 1 is 0.919 bits per heavy atom. The third-order valence-electron chi connectivity index (χ3n) is 5.31. The molecule has 14 heteroatoms. The van der Waals surface area contributed by atoms with Crippen LogP contribution in [-0.4, -0.2) is 76.6 Å². The van der Waals surface area contributed by atoms with Crippen molar-refractivity contribution in [3.05, 3.63) is 29.8 Å². The molecule has 0 aliphatic heterocycles. The maximum Gasteiger partial charge on any atom is 0.613 e. The van der Waals surface area contributed by atoms with Gasteiger partial charge in [-0.25, -0.2) is 4.39 Å². The molecule has 12 nitrogen and oxygen atoms in total. The largest absolute Gasteiger partial charge is 0.613 e. The number of halogens is 1. The molecule has 1 aromatic rings. The summed E-state index contributed by atoms with van der Waals surface area (Å²) in [7, 11) is -4.65. The van der Waals surface area contributed by atoms with E-state index < -0.39 is 20.2 Å². The van der Waals surface area contributed by atoms with E-state index in [0.717, 1.165) is 19.3 Å². The second-order valence-electron chi connectivity index (χ2n) is 8.37. The summed E-state index contributed by atoms with van der Waals surface area (Å²) in [6.07, 6.45) is 1.76. The summed E-state index contributed by atoms with van der Waals surface area (Å²) in [6.45, 7) is 2.37. The lowest BCUT2D eigenvalue weighted by Crippen LogP contribution is -2.38. The standard InChI is InChI=1S/C23H39FN5O7P/c24-22(18-8-3-4-9-19(18)36-37(33,34)35)23(32)28-15-6-2-1-5-14-27-20(30)10-7-11-21(31)29(16-12-25)17-13-26/h3-4,8-9,22,33-35H,1-2,5-7,10-17,25-26H2,(H-,27,28,30,32)/p+1. The Balaban J connectivity index is 2.17. The highest BCUT2D eigenvalue weighted by Crippen LogP contribution is 2.47. The lowest BCUT2D eigenvalue weighted by Gasteiger charge is -2.21. The zero-order valence-electron chi connectivity index (χ0n) is 21.0. The number of carbonyl (C=O) groups excluding carboxylic acids is 3. The van der Waals surface area contributed by atoms with Gasteiger partial charge in [0.05, 0.1) is 0 Å². The van der Waals surface area contributed by atoms with Crippen molar-refractivity contribution in [3.63, 3.8) is 0 Å². The Labute approximate surface area is 217 Å². The zero-order valence-corrected chi connectivity index (χ0v) is 21.9. The fourth-order valence-electron chi connectivity index (χ4n) is 3.50. The van der Waals surface area contributed by atoms with Gasteiger partial charge in [0.1, 0.15) is 0 Å². The summed E-state index contributed by atoms with van der Waals surface area (Å²) in [5.41, 5.74) is 10.8. The third kappa shape index (κ3) is 14.2. The molecule has 0 radical (unpaired) electrons. The van der Waals surface area contributed by atoms with Crippen LogP contribution in [0.5, 0.6) is 5.75 Å². The van der Waals surface area contributed by atoms with Gasteiger partial charge in [-0.05, 0) is 25.3 Å². The molecule has 1 rings (SSSR count). The summed E-state index contributed by atoms with van der Waals surface area (Å²) >= 11 is 0. The van der Waals surface area contributed by atoms with Gasteiger partial charge in [0.2, 0.25) is 18.0 Å². The van der Waals surface area contributed by atoms with Gasteiger partial charge in [0, 0.05) is 57.7 Å². The summed E-state index contributed by atoms with van der Waals surface area (Å²) in [6, 6.07) is 5.35. The molecule has 0 aliphatic carbocycles. The van der Waals surface area contributed by atoms with Gasteiger partial charge >= 0.3 is 8.17 Å². The minimum Gasteiger partial charge on any atom is -0.356 e. The molecule has 9 N–H and O–H groups in total. The summed E-state index contributed by atoms with van der Waals surface area (Å²) in [4.78, 5) is 64.9. The summed E-state index contributed by atoms with van der Waals surface area (Å²) < 4.78 is 19.1. The quantitative estimate of drug-likeness (QED) is 0.0946. The van der Waals surface area contributed by atoms with Crippen molar-refractivity contribution >= 4 is 25.9 Å². The molecule has 0 saturated heterocycles. The van der Waals surface area contributed by atoms with Crippen LogP contribution >= 0.6 is 8.17 Å². The Morgan fingerprint density at radius 3 is 2.11 bits per heavy atom. The molecule has 0 bridgehead atoms. The third-order valence-corrected chi connectivity index (χ3v) is 5.75. The van der Waals surface area contributed by atoms with Gasteiger partial charge in [0.25, 0.3) is 5.91 Å². The van der Waals surface area contributed by atoms with E-state index >= 15 is 0 Å². The van der Waals surface area contributed by atoms with Crippen molar-refractivity contribution in [1.29, 1.82) is 0 Å². The van der Waals surface area contributed by atoms with Crippen LogP contribution in [0.2, 0.25) is 0 Å². The van der Waals surface area contributed by atoms with E-state index in [2.05, 4.69) is 15.2 Å². The minimum absolute atomic E-state index is 0.0590. The van der Waals surface area contributed by atoms with Crippen LogP contribution in [0.3, 0.4) is 0 Å². The SMILES string of the molecule is NCCN(CCN)C(=O)CCCC(=O)NCCCCCCNC(=O)C(F)c1ccccc1O[P+](O)(O)O. The number of unbranched alkanes of at least 4 members (excludes halogenated alkanes) is 3.